The summed E-state index contributed by atoms with van der Waals surface area (Å²) in [5.41, 5.74) is 5.66. The van der Waals surface area contributed by atoms with Crippen molar-refractivity contribution in [1.29, 1.82) is 0 Å². The molecule has 2 rings (SSSR count). The summed E-state index contributed by atoms with van der Waals surface area (Å²) in [7, 11) is -4.09. The Labute approximate surface area is 197 Å². The van der Waals surface area contributed by atoms with Gasteiger partial charge in [0.1, 0.15) is 12.0 Å². The summed E-state index contributed by atoms with van der Waals surface area (Å²) in [6, 6.07) is -0.683. The standard InChI is InChI=1S/C21H34N5O7P/c22-17(11-13-34(30,31)32)19(27)10-8-6-4-2-1-3-5-7-9-12-23-21-16-14-25-33-20(16)18(15-24-21)26(28)29/h8,10,14-15,17,19,27H,1-7,9,11-13,22H2,(H,23,24)(H2,30,31,32)/b10-8+/t17-,19+/m0/s1. The van der Waals surface area contributed by atoms with Gasteiger partial charge in [0, 0.05) is 12.6 Å². The van der Waals surface area contributed by atoms with Crippen molar-refractivity contribution < 1.29 is 28.9 Å². The third-order valence-corrected chi connectivity index (χ3v) is 6.28. The summed E-state index contributed by atoms with van der Waals surface area (Å²) < 4.78 is 15.8. The molecule has 0 fully saturated rings. The summed E-state index contributed by atoms with van der Waals surface area (Å²) in [6.07, 6.45) is 13.2. The zero-order valence-electron chi connectivity index (χ0n) is 19.1. The molecule has 13 heteroatoms. The monoisotopic (exact) mass is 499 g/mol. The first-order valence-electron chi connectivity index (χ1n) is 11.5. The minimum Gasteiger partial charge on any atom is -0.387 e. The molecule has 0 aliphatic heterocycles. The van der Waals surface area contributed by atoms with E-state index in [1.54, 1.807) is 6.08 Å². The predicted octanol–water partition coefficient (Wildman–Crippen LogP) is 3.48. The van der Waals surface area contributed by atoms with E-state index in [-0.39, 0.29) is 23.9 Å². The van der Waals surface area contributed by atoms with Crippen molar-refractivity contribution in [3.63, 3.8) is 0 Å². The van der Waals surface area contributed by atoms with Crippen molar-refractivity contribution in [3.05, 3.63) is 34.7 Å². The van der Waals surface area contributed by atoms with Crippen LogP contribution in [-0.4, -0.2) is 54.8 Å². The van der Waals surface area contributed by atoms with Crippen LogP contribution in [0, 0.1) is 10.1 Å². The lowest BCUT2D eigenvalue weighted by Crippen LogP contribution is -2.34. The van der Waals surface area contributed by atoms with E-state index in [0.717, 1.165) is 51.4 Å². The Hall–Kier alpha value is -2.37. The molecule has 0 unspecified atom stereocenters. The van der Waals surface area contributed by atoms with Crippen LogP contribution in [-0.2, 0) is 4.57 Å². The number of aliphatic hydroxyl groups excluding tert-OH is 1. The molecule has 2 aromatic rings. The van der Waals surface area contributed by atoms with Crippen molar-refractivity contribution in [1.82, 2.24) is 10.1 Å². The second-order valence-corrected chi connectivity index (χ2v) is 10.0. The van der Waals surface area contributed by atoms with Gasteiger partial charge in [-0.3, -0.25) is 14.7 Å². The number of hydrogen-bond donors (Lipinski definition) is 5. The molecule has 6 N–H and O–H groups in total. The Balaban J connectivity index is 1.50. The molecule has 0 bridgehead atoms. The predicted molar refractivity (Wildman–Crippen MR) is 129 cm³/mol. The van der Waals surface area contributed by atoms with Gasteiger partial charge >= 0.3 is 13.3 Å². The molecule has 0 radical (unpaired) electrons. The summed E-state index contributed by atoms with van der Waals surface area (Å²) in [6.45, 7) is 0.703. The number of rotatable bonds is 17. The maximum Gasteiger partial charge on any atom is 0.333 e. The number of aromatic nitrogens is 2. The normalized spacial score (nSPS) is 14.0. The highest BCUT2D eigenvalue weighted by Crippen LogP contribution is 2.35. The van der Waals surface area contributed by atoms with E-state index < -0.39 is 24.7 Å². The number of nitrogens with zero attached hydrogens (tertiary/aromatic N) is 3. The van der Waals surface area contributed by atoms with Crippen molar-refractivity contribution in [2.75, 3.05) is 18.0 Å². The van der Waals surface area contributed by atoms with E-state index in [9.17, 15) is 19.8 Å². The molecule has 0 aliphatic carbocycles. The summed E-state index contributed by atoms with van der Waals surface area (Å²) in [4.78, 5) is 32.3. The smallest absolute Gasteiger partial charge is 0.333 e. The Bertz CT molecular complexity index is 978. The van der Waals surface area contributed by atoms with Crippen molar-refractivity contribution in [2.45, 2.75) is 69.9 Å². The molecule has 0 aromatic carbocycles. The van der Waals surface area contributed by atoms with Crippen LogP contribution in [0.25, 0.3) is 11.0 Å². The van der Waals surface area contributed by atoms with E-state index >= 15 is 0 Å². The second kappa shape index (κ2) is 14.1. The lowest BCUT2D eigenvalue weighted by molar-refractivity contribution is -0.384. The average molecular weight is 500 g/mol. The van der Waals surface area contributed by atoms with Gasteiger partial charge in [-0.15, -0.1) is 0 Å². The third-order valence-electron chi connectivity index (χ3n) is 5.44. The van der Waals surface area contributed by atoms with Gasteiger partial charge in [-0.1, -0.05) is 49.4 Å². The molecule has 0 saturated carbocycles. The summed E-state index contributed by atoms with van der Waals surface area (Å²) in [5.74, 6) is 0.530. The lowest BCUT2D eigenvalue weighted by atomic mass is 10.1. The zero-order chi connectivity index (χ0) is 25.0. The van der Waals surface area contributed by atoms with Crippen molar-refractivity contribution in [2.24, 2.45) is 5.73 Å². The first-order chi connectivity index (χ1) is 16.2. The number of aliphatic hydroxyl groups is 1. The molecule has 190 valence electrons. The number of nitrogens with two attached hydrogens (primary N) is 1. The largest absolute Gasteiger partial charge is 0.387 e. The third kappa shape index (κ3) is 9.86. The van der Waals surface area contributed by atoms with Gasteiger partial charge in [0.05, 0.1) is 28.8 Å². The van der Waals surface area contributed by atoms with Crippen LogP contribution in [0.2, 0.25) is 0 Å². The molecular weight excluding hydrogens is 465 g/mol. The zero-order valence-corrected chi connectivity index (χ0v) is 20.0. The number of allylic oxidation sites excluding steroid dienone is 1. The number of fused-ring (bicyclic) bond motifs is 1. The summed E-state index contributed by atoms with van der Waals surface area (Å²) in [5, 5.41) is 28.2. The molecule has 0 saturated heterocycles. The first kappa shape index (κ1) is 27.9. The Morgan fingerprint density at radius 1 is 1.18 bits per heavy atom. The second-order valence-electron chi connectivity index (χ2n) is 8.27. The van der Waals surface area contributed by atoms with Crippen LogP contribution >= 0.6 is 7.60 Å². The maximum absolute atomic E-state index is 11.0. The van der Waals surface area contributed by atoms with Crippen LogP contribution in [0.5, 0.6) is 0 Å². The highest BCUT2D eigenvalue weighted by Gasteiger charge is 2.20. The highest BCUT2D eigenvalue weighted by molar-refractivity contribution is 7.51. The van der Waals surface area contributed by atoms with Gasteiger partial charge in [-0.2, -0.15) is 0 Å². The van der Waals surface area contributed by atoms with Crippen LogP contribution in [0.1, 0.15) is 57.8 Å². The van der Waals surface area contributed by atoms with Crippen LogP contribution in [0.3, 0.4) is 0 Å². The summed E-state index contributed by atoms with van der Waals surface area (Å²) >= 11 is 0. The van der Waals surface area contributed by atoms with Gasteiger partial charge in [-0.05, 0) is 25.7 Å². The minimum absolute atomic E-state index is 0.0700. The van der Waals surface area contributed by atoms with E-state index in [4.69, 9.17) is 20.0 Å². The fourth-order valence-corrected chi connectivity index (χ4v) is 4.10. The Morgan fingerprint density at radius 3 is 2.53 bits per heavy atom. The van der Waals surface area contributed by atoms with Crippen LogP contribution in [0.15, 0.2) is 29.1 Å². The molecule has 2 aromatic heterocycles. The molecule has 0 amide bonds. The highest BCUT2D eigenvalue weighted by atomic mass is 31.2. The van der Waals surface area contributed by atoms with Gasteiger partial charge in [0.25, 0.3) is 0 Å². The topological polar surface area (TPSA) is 198 Å². The van der Waals surface area contributed by atoms with Crippen LogP contribution in [0.4, 0.5) is 11.5 Å². The average Bonchev–Trinajstić information content (AvgIpc) is 3.27. The number of unbranched alkanes of at least 4 members (excludes halogenated alkanes) is 7. The fraction of sp³-hybridized carbons (Fsp3) is 0.619. The molecule has 2 atom stereocenters. The number of pyridine rings is 1. The number of nitro groups is 1. The molecule has 34 heavy (non-hydrogen) atoms. The molecular formula is C21H34N5O7P. The molecule has 0 spiro atoms. The Morgan fingerprint density at radius 2 is 1.85 bits per heavy atom. The van der Waals surface area contributed by atoms with E-state index in [0.29, 0.717) is 17.7 Å². The maximum atomic E-state index is 11.0. The van der Waals surface area contributed by atoms with Crippen LogP contribution < -0.4 is 11.1 Å². The Kier molecular flexibility index (Phi) is 11.6. The van der Waals surface area contributed by atoms with Gasteiger partial charge in [0.2, 0.25) is 5.58 Å². The van der Waals surface area contributed by atoms with Gasteiger partial charge < -0.3 is 30.5 Å². The molecule has 2 heterocycles. The molecule has 12 nitrogen and oxygen atoms in total. The van der Waals surface area contributed by atoms with Crippen molar-refractivity contribution in [3.8, 4) is 0 Å². The number of nitrogens with one attached hydrogen (secondary N) is 1. The van der Waals surface area contributed by atoms with E-state index in [1.165, 1.54) is 12.4 Å². The quantitative estimate of drug-likeness (QED) is 0.0702. The first-order valence-corrected chi connectivity index (χ1v) is 13.3. The van der Waals surface area contributed by atoms with E-state index in [1.807, 2.05) is 6.08 Å². The van der Waals surface area contributed by atoms with E-state index in [2.05, 4.69) is 15.5 Å². The van der Waals surface area contributed by atoms with Gasteiger partial charge in [-0.25, -0.2) is 4.98 Å². The molecule has 0 aliphatic rings. The SMILES string of the molecule is N[C@@H](CCP(=O)(O)O)[C@H](O)/C=C/CCCCCCCCCNc1ncc([N+](=O)[O-])c2oncc12. The lowest BCUT2D eigenvalue weighted by Gasteiger charge is -2.15. The number of anilines is 1. The van der Waals surface area contributed by atoms with Gasteiger partial charge in [0.15, 0.2) is 0 Å². The fourth-order valence-electron chi connectivity index (χ4n) is 3.46. The van der Waals surface area contributed by atoms with Crippen molar-refractivity contribution >= 4 is 30.1 Å². The minimum atomic E-state index is -4.09. The number of hydrogen-bond acceptors (Lipinski definition) is 9.